The second-order valence-corrected chi connectivity index (χ2v) is 6.59. The van der Waals surface area contributed by atoms with E-state index in [0.717, 1.165) is 16.0 Å². The Balaban J connectivity index is 2.12. The van der Waals surface area contributed by atoms with Gasteiger partial charge in [0.1, 0.15) is 23.2 Å². The number of nitriles is 1. The van der Waals surface area contributed by atoms with E-state index in [1.807, 2.05) is 30.3 Å². The number of allylic oxidation sites excluding steroid dienone is 1. The lowest BCUT2D eigenvalue weighted by Crippen LogP contribution is -2.26. The Hall–Kier alpha value is -3.17. The van der Waals surface area contributed by atoms with E-state index in [9.17, 15) is 14.4 Å². The van der Waals surface area contributed by atoms with Gasteiger partial charge in [0.25, 0.3) is 0 Å². The van der Waals surface area contributed by atoms with Crippen molar-refractivity contribution >= 4 is 21.4 Å². The summed E-state index contributed by atoms with van der Waals surface area (Å²) in [6.45, 7) is 0. The van der Waals surface area contributed by atoms with Gasteiger partial charge in [0.2, 0.25) is 10.6 Å². The number of ether oxygens (including phenoxy) is 1. The third kappa shape index (κ3) is 2.29. The van der Waals surface area contributed by atoms with Crippen LogP contribution in [0, 0.1) is 17.1 Å². The number of hydrogen-bond acceptors (Lipinski definition) is 5. The van der Waals surface area contributed by atoms with Gasteiger partial charge in [-0.05, 0) is 18.2 Å². The molecule has 0 radical (unpaired) electrons. The molecule has 25 heavy (non-hydrogen) atoms. The van der Waals surface area contributed by atoms with E-state index in [4.69, 9.17) is 10.5 Å². The van der Waals surface area contributed by atoms with Crippen molar-refractivity contribution in [2.45, 2.75) is 5.92 Å². The molecule has 1 atom stereocenters. The Kier molecular flexibility index (Phi) is 3.52. The molecule has 0 fully saturated rings. The highest BCUT2D eigenvalue weighted by Gasteiger charge is 2.35. The Morgan fingerprint density at radius 2 is 1.88 bits per heavy atom. The molecular formula is C19H11FN2O2S. The molecule has 6 heteroatoms. The predicted molar refractivity (Wildman–Crippen MR) is 93.8 cm³/mol. The normalized spacial score (nSPS) is 16.2. The number of hydrogen-bond donors (Lipinski definition) is 1. The molecule has 0 aliphatic carbocycles. The summed E-state index contributed by atoms with van der Waals surface area (Å²) in [5.41, 5.74) is 6.45. The zero-order chi connectivity index (χ0) is 17.6. The van der Waals surface area contributed by atoms with E-state index >= 15 is 0 Å². The molecule has 2 aromatic carbocycles. The molecule has 3 aromatic rings. The number of fused-ring (bicyclic) bond motifs is 3. The van der Waals surface area contributed by atoms with Crippen LogP contribution in [-0.2, 0) is 0 Å². The first-order valence-electron chi connectivity index (χ1n) is 7.49. The second kappa shape index (κ2) is 5.72. The van der Waals surface area contributed by atoms with Crippen molar-refractivity contribution in [1.82, 2.24) is 0 Å². The van der Waals surface area contributed by atoms with Crippen LogP contribution in [0.15, 0.2) is 64.8 Å². The van der Waals surface area contributed by atoms with Gasteiger partial charge in [-0.2, -0.15) is 5.26 Å². The van der Waals surface area contributed by atoms with Gasteiger partial charge in [-0.3, -0.25) is 4.79 Å². The maximum Gasteiger partial charge on any atom is 0.240 e. The van der Waals surface area contributed by atoms with Crippen molar-refractivity contribution < 1.29 is 9.13 Å². The van der Waals surface area contributed by atoms with E-state index in [0.29, 0.717) is 11.1 Å². The van der Waals surface area contributed by atoms with Gasteiger partial charge in [-0.1, -0.05) is 41.7 Å². The van der Waals surface area contributed by atoms with Crippen LogP contribution in [-0.4, -0.2) is 0 Å². The molecular weight excluding hydrogens is 339 g/mol. The fraction of sp³-hybridized carbons (Fsp3) is 0.0526. The SMILES string of the molecule is N#CC1=C(N)Oc2c(c(=O)sc3ccccc23)C1c1ccccc1F. The molecule has 1 unspecified atom stereocenters. The minimum Gasteiger partial charge on any atom is -0.439 e. The fourth-order valence-electron chi connectivity index (χ4n) is 3.09. The molecule has 2 heterocycles. The Morgan fingerprint density at radius 3 is 2.64 bits per heavy atom. The van der Waals surface area contributed by atoms with Crippen molar-refractivity contribution in [3.05, 3.63) is 86.5 Å². The summed E-state index contributed by atoms with van der Waals surface area (Å²) >= 11 is 1.04. The third-order valence-corrected chi connectivity index (χ3v) is 5.17. The van der Waals surface area contributed by atoms with Crippen molar-refractivity contribution in [3.8, 4) is 11.8 Å². The van der Waals surface area contributed by atoms with Gasteiger partial charge >= 0.3 is 0 Å². The standard InChI is InChI=1S/C19H11FN2O2S/c20-13-7-3-1-5-10(13)15-12(9-21)18(22)24-17-11-6-2-4-8-14(11)25-19(23)16(15)17/h1-8,15H,22H2. The Morgan fingerprint density at radius 1 is 1.16 bits per heavy atom. The first-order valence-corrected chi connectivity index (χ1v) is 8.31. The highest BCUT2D eigenvalue weighted by Crippen LogP contribution is 2.44. The first kappa shape index (κ1) is 15.4. The van der Waals surface area contributed by atoms with E-state index < -0.39 is 11.7 Å². The van der Waals surface area contributed by atoms with Crippen molar-refractivity contribution in [2.24, 2.45) is 5.73 Å². The molecule has 0 bridgehead atoms. The van der Waals surface area contributed by atoms with Crippen molar-refractivity contribution in [3.63, 3.8) is 0 Å². The average Bonchev–Trinajstić information content (AvgIpc) is 2.61. The maximum atomic E-state index is 14.4. The van der Waals surface area contributed by atoms with Gasteiger partial charge in [-0.25, -0.2) is 4.39 Å². The molecule has 4 nitrogen and oxygen atoms in total. The summed E-state index contributed by atoms with van der Waals surface area (Å²) in [5.74, 6) is -1.20. The molecule has 2 N–H and O–H groups in total. The monoisotopic (exact) mass is 350 g/mol. The molecule has 0 amide bonds. The van der Waals surface area contributed by atoms with Gasteiger partial charge in [0.05, 0.1) is 11.5 Å². The van der Waals surface area contributed by atoms with Crippen LogP contribution >= 0.6 is 11.3 Å². The summed E-state index contributed by atoms with van der Waals surface area (Å²) < 4.78 is 20.5. The first-order chi connectivity index (χ1) is 12.1. The summed E-state index contributed by atoms with van der Waals surface area (Å²) in [6, 6.07) is 15.3. The number of nitrogens with zero attached hydrogens (tertiary/aromatic N) is 1. The van der Waals surface area contributed by atoms with Crippen LogP contribution in [0.3, 0.4) is 0 Å². The number of rotatable bonds is 1. The van der Waals surface area contributed by atoms with Crippen LogP contribution in [0.1, 0.15) is 17.0 Å². The van der Waals surface area contributed by atoms with E-state index in [-0.39, 0.29) is 27.3 Å². The zero-order valence-electron chi connectivity index (χ0n) is 12.8. The van der Waals surface area contributed by atoms with Gasteiger partial charge in [0.15, 0.2) is 0 Å². The number of nitrogens with two attached hydrogens (primary N) is 1. The van der Waals surface area contributed by atoms with Gasteiger partial charge in [-0.15, -0.1) is 0 Å². The number of halogens is 1. The third-order valence-electron chi connectivity index (χ3n) is 4.19. The lowest BCUT2D eigenvalue weighted by Gasteiger charge is -2.26. The minimum absolute atomic E-state index is 0.0391. The summed E-state index contributed by atoms with van der Waals surface area (Å²) in [6.07, 6.45) is 0. The highest BCUT2D eigenvalue weighted by molar-refractivity contribution is 7.16. The molecule has 0 saturated carbocycles. The van der Waals surface area contributed by atoms with E-state index in [2.05, 4.69) is 0 Å². The van der Waals surface area contributed by atoms with Crippen LogP contribution in [0.4, 0.5) is 4.39 Å². The van der Waals surface area contributed by atoms with Gasteiger partial charge < -0.3 is 10.5 Å². The quantitative estimate of drug-likeness (QED) is 0.727. The molecule has 4 rings (SSSR count). The topological polar surface area (TPSA) is 76.1 Å². The van der Waals surface area contributed by atoms with E-state index in [1.54, 1.807) is 18.2 Å². The average molecular weight is 350 g/mol. The summed E-state index contributed by atoms with van der Waals surface area (Å²) in [4.78, 5) is 12.8. The zero-order valence-corrected chi connectivity index (χ0v) is 13.6. The van der Waals surface area contributed by atoms with Crippen molar-refractivity contribution in [1.29, 1.82) is 5.26 Å². The largest absolute Gasteiger partial charge is 0.439 e. The number of benzene rings is 2. The van der Waals surface area contributed by atoms with Crippen LogP contribution in [0.5, 0.6) is 5.75 Å². The fourth-order valence-corrected chi connectivity index (χ4v) is 4.02. The lowest BCUT2D eigenvalue weighted by molar-refractivity contribution is 0.397. The second-order valence-electron chi connectivity index (χ2n) is 5.57. The molecule has 122 valence electrons. The van der Waals surface area contributed by atoms with Crippen LogP contribution in [0.25, 0.3) is 10.1 Å². The molecule has 1 aromatic heterocycles. The molecule has 1 aliphatic rings. The lowest BCUT2D eigenvalue weighted by atomic mass is 9.84. The summed E-state index contributed by atoms with van der Waals surface area (Å²) in [5, 5.41) is 10.2. The maximum absolute atomic E-state index is 14.4. The Bertz CT molecular complexity index is 1140. The smallest absolute Gasteiger partial charge is 0.240 e. The predicted octanol–water partition coefficient (Wildman–Crippen LogP) is 3.62. The minimum atomic E-state index is -0.886. The van der Waals surface area contributed by atoms with Crippen LogP contribution in [0.2, 0.25) is 0 Å². The highest BCUT2D eigenvalue weighted by atomic mass is 32.1. The Labute approximate surface area is 146 Å². The van der Waals surface area contributed by atoms with Crippen molar-refractivity contribution in [2.75, 3.05) is 0 Å². The van der Waals surface area contributed by atoms with Gasteiger partial charge in [0, 0.05) is 15.6 Å². The summed E-state index contributed by atoms with van der Waals surface area (Å²) in [7, 11) is 0. The molecule has 0 spiro atoms. The molecule has 1 aliphatic heterocycles. The van der Waals surface area contributed by atoms with Crippen LogP contribution < -0.4 is 15.2 Å². The van der Waals surface area contributed by atoms with E-state index in [1.165, 1.54) is 6.07 Å². The molecule has 0 saturated heterocycles.